The lowest BCUT2D eigenvalue weighted by atomic mass is 9.93. The minimum absolute atomic E-state index is 0.105. The molecule has 0 saturated heterocycles. The van der Waals surface area contributed by atoms with Crippen LogP contribution in [0.4, 0.5) is 5.69 Å². The van der Waals surface area contributed by atoms with E-state index >= 15 is 0 Å². The van der Waals surface area contributed by atoms with Crippen LogP contribution in [0.25, 0.3) is 10.9 Å². The summed E-state index contributed by atoms with van der Waals surface area (Å²) >= 11 is 0. The number of amides is 1. The molecule has 5 heteroatoms. The number of rotatable bonds is 5. The number of carbonyl (C=O) groups excluding carboxylic acids is 1. The molecule has 1 unspecified atom stereocenters. The lowest BCUT2D eigenvalue weighted by Crippen LogP contribution is -2.10. The van der Waals surface area contributed by atoms with Crippen LogP contribution in [0.1, 0.15) is 38.7 Å². The van der Waals surface area contributed by atoms with Crippen LogP contribution in [0, 0.1) is 0 Å². The summed E-state index contributed by atoms with van der Waals surface area (Å²) in [7, 11) is 3.21. The van der Waals surface area contributed by atoms with Crippen LogP contribution in [-0.2, 0) is 4.79 Å². The zero-order chi connectivity index (χ0) is 16.3. The average molecular weight is 302 g/mol. The van der Waals surface area contributed by atoms with Gasteiger partial charge in [-0.3, -0.25) is 9.78 Å². The smallest absolute Gasteiger partial charge is 0.221 e. The van der Waals surface area contributed by atoms with Crippen LogP contribution in [0.3, 0.4) is 0 Å². The van der Waals surface area contributed by atoms with Gasteiger partial charge in [0.2, 0.25) is 5.91 Å². The van der Waals surface area contributed by atoms with Crippen LogP contribution in [-0.4, -0.2) is 25.1 Å². The van der Waals surface area contributed by atoms with Crippen molar-refractivity contribution >= 4 is 22.5 Å². The molecule has 5 nitrogen and oxygen atoms in total. The molecule has 0 saturated carbocycles. The molecule has 0 bridgehead atoms. The van der Waals surface area contributed by atoms with E-state index in [0.717, 1.165) is 28.6 Å². The third-order valence-electron chi connectivity index (χ3n) is 3.83. The van der Waals surface area contributed by atoms with Gasteiger partial charge < -0.3 is 14.8 Å². The summed E-state index contributed by atoms with van der Waals surface area (Å²) in [5.74, 6) is 1.47. The van der Waals surface area contributed by atoms with Crippen molar-refractivity contribution < 1.29 is 14.3 Å². The second kappa shape index (κ2) is 6.64. The molecule has 0 aliphatic rings. The lowest BCUT2D eigenvalue weighted by Gasteiger charge is -2.19. The van der Waals surface area contributed by atoms with E-state index in [2.05, 4.69) is 24.1 Å². The summed E-state index contributed by atoms with van der Waals surface area (Å²) in [6, 6.07) is 3.78. The van der Waals surface area contributed by atoms with Gasteiger partial charge in [-0.15, -0.1) is 0 Å². The predicted molar refractivity (Wildman–Crippen MR) is 87.9 cm³/mol. The van der Waals surface area contributed by atoms with Crippen molar-refractivity contribution in [3.63, 3.8) is 0 Å². The first-order valence-corrected chi connectivity index (χ1v) is 7.34. The highest BCUT2D eigenvalue weighted by atomic mass is 16.5. The Kier molecular flexibility index (Phi) is 4.85. The molecule has 1 aromatic heterocycles. The summed E-state index contributed by atoms with van der Waals surface area (Å²) < 4.78 is 10.7. The predicted octanol–water partition coefficient (Wildman–Crippen LogP) is 3.72. The molecule has 0 fully saturated rings. The molecule has 0 aliphatic heterocycles. The van der Waals surface area contributed by atoms with Crippen LogP contribution >= 0.6 is 0 Å². The standard InChI is InChI=1S/C17H22N2O3/c1-6-10(2)17-12-7-15(21-4)16(22-5)8-13(12)18-9-14(17)19-11(3)20/h7-10H,6H2,1-5H3,(H,19,20). The number of hydrogen-bond acceptors (Lipinski definition) is 4. The van der Waals surface area contributed by atoms with Gasteiger partial charge in [0.1, 0.15) is 0 Å². The van der Waals surface area contributed by atoms with Gasteiger partial charge in [0.15, 0.2) is 11.5 Å². The van der Waals surface area contributed by atoms with Gasteiger partial charge in [0.25, 0.3) is 0 Å². The second-order valence-electron chi connectivity index (χ2n) is 5.30. The van der Waals surface area contributed by atoms with E-state index in [0.29, 0.717) is 11.5 Å². The molecular weight excluding hydrogens is 280 g/mol. The van der Waals surface area contributed by atoms with Gasteiger partial charge in [-0.2, -0.15) is 0 Å². The van der Waals surface area contributed by atoms with Crippen molar-refractivity contribution in [1.82, 2.24) is 4.98 Å². The van der Waals surface area contributed by atoms with Gasteiger partial charge in [0, 0.05) is 18.4 Å². The van der Waals surface area contributed by atoms with Crippen molar-refractivity contribution in [2.75, 3.05) is 19.5 Å². The third-order valence-corrected chi connectivity index (χ3v) is 3.83. The molecule has 2 aromatic rings. The van der Waals surface area contributed by atoms with Crippen molar-refractivity contribution in [3.8, 4) is 11.5 Å². The number of aromatic nitrogens is 1. The van der Waals surface area contributed by atoms with Crippen molar-refractivity contribution in [3.05, 3.63) is 23.9 Å². The topological polar surface area (TPSA) is 60.5 Å². The fraction of sp³-hybridized carbons (Fsp3) is 0.412. The van der Waals surface area contributed by atoms with E-state index in [1.165, 1.54) is 6.92 Å². The van der Waals surface area contributed by atoms with Crippen molar-refractivity contribution in [1.29, 1.82) is 0 Å². The number of nitrogens with zero attached hydrogens (tertiary/aromatic N) is 1. The van der Waals surface area contributed by atoms with Crippen molar-refractivity contribution in [2.24, 2.45) is 0 Å². The number of anilines is 1. The molecule has 1 aromatic carbocycles. The number of fused-ring (bicyclic) bond motifs is 1. The Labute approximate surface area is 130 Å². The van der Waals surface area contributed by atoms with E-state index in [4.69, 9.17) is 9.47 Å². The molecule has 0 aliphatic carbocycles. The number of benzene rings is 1. The number of nitrogens with one attached hydrogen (secondary N) is 1. The molecule has 1 N–H and O–H groups in total. The van der Waals surface area contributed by atoms with Gasteiger partial charge in [-0.25, -0.2) is 0 Å². The highest BCUT2D eigenvalue weighted by Crippen LogP contribution is 2.38. The number of methoxy groups -OCH3 is 2. The third kappa shape index (κ3) is 2.98. The first kappa shape index (κ1) is 16.1. The quantitative estimate of drug-likeness (QED) is 0.914. The Morgan fingerprint density at radius 1 is 1.27 bits per heavy atom. The maximum Gasteiger partial charge on any atom is 0.221 e. The molecular formula is C17H22N2O3. The number of ether oxygens (including phenoxy) is 2. The van der Waals surface area contributed by atoms with Crippen LogP contribution in [0.2, 0.25) is 0 Å². The fourth-order valence-corrected chi connectivity index (χ4v) is 2.56. The lowest BCUT2D eigenvalue weighted by molar-refractivity contribution is -0.114. The number of hydrogen-bond donors (Lipinski definition) is 1. The highest BCUT2D eigenvalue weighted by Gasteiger charge is 2.17. The van der Waals surface area contributed by atoms with Gasteiger partial charge in [-0.05, 0) is 24.0 Å². The Morgan fingerprint density at radius 2 is 1.91 bits per heavy atom. The first-order valence-electron chi connectivity index (χ1n) is 7.34. The van der Waals surface area contributed by atoms with Gasteiger partial charge in [0.05, 0.1) is 31.6 Å². The molecule has 2 rings (SSSR count). The molecule has 22 heavy (non-hydrogen) atoms. The number of carbonyl (C=O) groups is 1. The molecule has 1 atom stereocenters. The van der Waals surface area contributed by atoms with Crippen LogP contribution < -0.4 is 14.8 Å². The average Bonchev–Trinajstić information content (AvgIpc) is 2.52. The number of pyridine rings is 1. The molecule has 118 valence electrons. The summed E-state index contributed by atoms with van der Waals surface area (Å²) in [6.07, 6.45) is 2.66. The molecule has 0 spiro atoms. The molecule has 0 radical (unpaired) electrons. The van der Waals surface area contributed by atoms with E-state index in [1.807, 2.05) is 12.1 Å². The Bertz CT molecular complexity index is 698. The van der Waals surface area contributed by atoms with Crippen LogP contribution in [0.5, 0.6) is 11.5 Å². The maximum atomic E-state index is 11.5. The largest absolute Gasteiger partial charge is 0.493 e. The summed E-state index contributed by atoms with van der Waals surface area (Å²) in [4.78, 5) is 15.9. The van der Waals surface area contributed by atoms with E-state index < -0.39 is 0 Å². The van der Waals surface area contributed by atoms with Gasteiger partial charge >= 0.3 is 0 Å². The summed E-state index contributed by atoms with van der Waals surface area (Å²) in [6.45, 7) is 5.76. The molecule has 1 amide bonds. The zero-order valence-electron chi connectivity index (χ0n) is 13.7. The van der Waals surface area contributed by atoms with Crippen molar-refractivity contribution in [2.45, 2.75) is 33.1 Å². The summed E-state index contributed by atoms with van der Waals surface area (Å²) in [5.41, 5.74) is 2.65. The van der Waals surface area contributed by atoms with Crippen LogP contribution in [0.15, 0.2) is 18.3 Å². The maximum absolute atomic E-state index is 11.5. The molecule has 1 heterocycles. The first-order chi connectivity index (χ1) is 10.5. The normalized spacial score (nSPS) is 12.0. The monoisotopic (exact) mass is 302 g/mol. The van der Waals surface area contributed by atoms with E-state index in [9.17, 15) is 4.79 Å². The van der Waals surface area contributed by atoms with E-state index in [-0.39, 0.29) is 11.8 Å². The minimum Gasteiger partial charge on any atom is -0.493 e. The minimum atomic E-state index is -0.105. The Hall–Kier alpha value is -2.30. The van der Waals surface area contributed by atoms with Gasteiger partial charge in [-0.1, -0.05) is 13.8 Å². The summed E-state index contributed by atoms with van der Waals surface area (Å²) in [5, 5.41) is 3.84. The SMILES string of the molecule is CCC(C)c1c(NC(C)=O)cnc2cc(OC)c(OC)cc12. The van der Waals surface area contributed by atoms with E-state index in [1.54, 1.807) is 20.4 Å². The highest BCUT2D eigenvalue weighted by molar-refractivity contribution is 5.95. The Morgan fingerprint density at radius 3 is 2.45 bits per heavy atom. The second-order valence-corrected chi connectivity index (χ2v) is 5.30. The fourth-order valence-electron chi connectivity index (χ4n) is 2.56. The Balaban J connectivity index is 2.76. The zero-order valence-corrected chi connectivity index (χ0v) is 13.7.